The van der Waals surface area contributed by atoms with Crippen LogP contribution in [0.5, 0.6) is 0 Å². The Kier molecular flexibility index (Phi) is 19.0. The monoisotopic (exact) mass is 658 g/mol. The van der Waals surface area contributed by atoms with Crippen LogP contribution in [-0.2, 0) is 33.5 Å². The third-order valence-electron chi connectivity index (χ3n) is 7.57. The fourth-order valence-electron chi connectivity index (χ4n) is 4.76. The number of likely N-dealkylation sites (N-methyl/N-ethyl adjacent to an activating group) is 3. The second-order valence-corrected chi connectivity index (χ2v) is 13.8. The van der Waals surface area contributed by atoms with E-state index in [-0.39, 0.29) is 41.6 Å². The van der Waals surface area contributed by atoms with Crippen LogP contribution in [0.2, 0.25) is 0 Å². The van der Waals surface area contributed by atoms with Gasteiger partial charge >= 0.3 is 5.97 Å². The van der Waals surface area contributed by atoms with Gasteiger partial charge in [0.1, 0.15) is 30.2 Å². The molecule has 0 aromatic rings. The van der Waals surface area contributed by atoms with Gasteiger partial charge in [-0.05, 0) is 37.0 Å². The second kappa shape index (κ2) is 20.3. The lowest BCUT2D eigenvalue weighted by Gasteiger charge is -2.36. The maximum Gasteiger partial charge on any atom is 0.323 e. The number of nitrogens with zero attached hydrogens (tertiary/aromatic N) is 3. The van der Waals surface area contributed by atoms with E-state index in [0.717, 1.165) is 0 Å². The number of carbonyl (C=O) groups is 6. The fraction of sp³-hybridized carbons (Fsp3) is 0.806. The highest BCUT2D eigenvalue weighted by Crippen LogP contribution is 2.19. The number of methoxy groups -OCH3 is 1. The van der Waals surface area contributed by atoms with Gasteiger partial charge in [-0.3, -0.25) is 28.8 Å². The summed E-state index contributed by atoms with van der Waals surface area (Å²) in [5, 5.41) is 2.84. The summed E-state index contributed by atoms with van der Waals surface area (Å²) in [6.07, 6.45) is 1.49. The lowest BCUT2D eigenvalue weighted by atomic mass is 9.97. The smallest absolute Gasteiger partial charge is 0.323 e. The molecule has 13 nitrogen and oxygen atoms in total. The molecule has 45 heavy (non-hydrogen) atoms. The molecule has 0 bridgehead atoms. The van der Waals surface area contributed by atoms with Crippen LogP contribution in [0.3, 0.4) is 0 Å². The van der Waals surface area contributed by atoms with Gasteiger partial charge < -0.3 is 36.2 Å². The number of nitrogens with one attached hydrogen (secondary N) is 1. The largest absolute Gasteiger partial charge is 0.468 e. The summed E-state index contributed by atoms with van der Waals surface area (Å²) in [6, 6.07) is -4.61. The summed E-state index contributed by atoms with van der Waals surface area (Å²) in [7, 11) is 5.79. The van der Waals surface area contributed by atoms with Crippen molar-refractivity contribution in [1.82, 2.24) is 20.0 Å². The van der Waals surface area contributed by atoms with Crippen LogP contribution < -0.4 is 16.8 Å². The highest BCUT2D eigenvalue weighted by molar-refractivity contribution is 7.99. The molecular formula is C31H58N6O7S. The molecule has 0 rings (SSSR count). The topological polar surface area (TPSA) is 185 Å². The standard InChI is InChI=1S/C31H58N6O7S/c1-12-13-25(38)35(8)24(17-45-16-21(32)31(43)44-11)29(41)37(10)23(15-19(4)5)28(40)34-26(20(6)7)30(42)36(9)22(27(33)39)14-18(2)3/h18-24,26H,12-17,32H2,1-11H3,(H2,33,39)(H,34,40)/t21-,22-,23-,24+,26-/m0/s1. The van der Waals surface area contributed by atoms with Crippen molar-refractivity contribution in [2.45, 2.75) is 104 Å². The summed E-state index contributed by atoms with van der Waals surface area (Å²) in [5.41, 5.74) is 11.5. The van der Waals surface area contributed by atoms with Crippen LogP contribution in [0.25, 0.3) is 0 Å². The Morgan fingerprint density at radius 3 is 1.73 bits per heavy atom. The SMILES string of the molecule is CCCC(=O)N(C)[C@H](CSC[C@H](N)C(=O)OC)C(=O)N(C)[C@@H](CC(C)C)C(=O)N[C@H](C(=O)N(C)[C@@H](CC(C)C)C(N)=O)C(C)C. The Bertz CT molecular complexity index is 1010. The Morgan fingerprint density at radius 2 is 1.29 bits per heavy atom. The number of ether oxygens (including phenoxy) is 1. The van der Waals surface area contributed by atoms with Crippen LogP contribution >= 0.6 is 11.8 Å². The molecule has 14 heteroatoms. The average molecular weight is 659 g/mol. The Balaban J connectivity index is 6.27. The van der Waals surface area contributed by atoms with Crippen molar-refractivity contribution in [3.63, 3.8) is 0 Å². The first-order valence-electron chi connectivity index (χ1n) is 15.6. The molecule has 5 N–H and O–H groups in total. The van der Waals surface area contributed by atoms with E-state index in [2.05, 4.69) is 10.1 Å². The molecule has 0 aliphatic heterocycles. The molecule has 0 aromatic carbocycles. The van der Waals surface area contributed by atoms with Gasteiger partial charge in [-0.15, -0.1) is 0 Å². The number of carbonyl (C=O) groups excluding carboxylic acids is 6. The van der Waals surface area contributed by atoms with Crippen LogP contribution in [0.1, 0.15) is 74.1 Å². The molecule has 0 saturated heterocycles. The average Bonchev–Trinajstić information content (AvgIpc) is 2.96. The van der Waals surface area contributed by atoms with Crippen molar-refractivity contribution in [3.05, 3.63) is 0 Å². The van der Waals surface area contributed by atoms with Crippen molar-refractivity contribution in [1.29, 1.82) is 0 Å². The van der Waals surface area contributed by atoms with Gasteiger partial charge in [0.2, 0.25) is 29.5 Å². The van der Waals surface area contributed by atoms with E-state index in [1.807, 2.05) is 34.6 Å². The Morgan fingerprint density at radius 1 is 0.778 bits per heavy atom. The van der Waals surface area contributed by atoms with Crippen LogP contribution in [0, 0.1) is 17.8 Å². The molecule has 0 radical (unpaired) electrons. The minimum Gasteiger partial charge on any atom is -0.468 e. The Hall–Kier alpha value is -2.87. The third kappa shape index (κ3) is 13.6. The molecule has 0 saturated carbocycles. The van der Waals surface area contributed by atoms with Gasteiger partial charge in [-0.2, -0.15) is 11.8 Å². The lowest BCUT2D eigenvalue weighted by molar-refractivity contribution is -0.148. The van der Waals surface area contributed by atoms with E-state index < -0.39 is 59.8 Å². The first-order chi connectivity index (χ1) is 20.8. The highest BCUT2D eigenvalue weighted by Gasteiger charge is 2.38. The van der Waals surface area contributed by atoms with Crippen molar-refractivity contribution in [2.75, 3.05) is 39.8 Å². The van der Waals surface area contributed by atoms with Crippen LogP contribution in [-0.4, -0.2) is 120 Å². The van der Waals surface area contributed by atoms with Gasteiger partial charge in [0.05, 0.1) is 7.11 Å². The molecule has 0 spiro atoms. The minimum atomic E-state index is -0.977. The van der Waals surface area contributed by atoms with E-state index in [1.54, 1.807) is 20.9 Å². The zero-order valence-corrected chi connectivity index (χ0v) is 29.9. The van der Waals surface area contributed by atoms with E-state index in [0.29, 0.717) is 19.3 Å². The minimum absolute atomic E-state index is 0.00231. The molecule has 0 heterocycles. The first kappa shape index (κ1) is 42.1. The summed E-state index contributed by atoms with van der Waals surface area (Å²) in [5.74, 6) is -2.82. The zero-order chi connectivity index (χ0) is 35.2. The zero-order valence-electron chi connectivity index (χ0n) is 29.1. The van der Waals surface area contributed by atoms with E-state index in [4.69, 9.17) is 11.5 Å². The van der Waals surface area contributed by atoms with Crippen molar-refractivity contribution >= 4 is 47.3 Å². The van der Waals surface area contributed by atoms with E-state index in [1.165, 1.54) is 47.7 Å². The fourth-order valence-corrected chi connectivity index (χ4v) is 5.88. The third-order valence-corrected chi connectivity index (χ3v) is 8.71. The molecule has 0 unspecified atom stereocenters. The van der Waals surface area contributed by atoms with E-state index >= 15 is 0 Å². The van der Waals surface area contributed by atoms with Crippen molar-refractivity contribution in [2.24, 2.45) is 29.2 Å². The summed E-state index contributed by atoms with van der Waals surface area (Å²) in [6.45, 7) is 13.1. The molecular weight excluding hydrogens is 600 g/mol. The number of esters is 1. The Labute approximate surface area is 273 Å². The molecule has 0 fully saturated rings. The van der Waals surface area contributed by atoms with Gasteiger partial charge in [0.25, 0.3) is 0 Å². The number of hydrogen-bond donors (Lipinski definition) is 3. The summed E-state index contributed by atoms with van der Waals surface area (Å²) >= 11 is 1.23. The molecule has 0 aromatic heterocycles. The summed E-state index contributed by atoms with van der Waals surface area (Å²) < 4.78 is 4.68. The van der Waals surface area contributed by atoms with Gasteiger partial charge in [0, 0.05) is 39.1 Å². The first-order valence-corrected chi connectivity index (χ1v) is 16.8. The normalized spacial score (nSPS) is 14.7. The van der Waals surface area contributed by atoms with Crippen LogP contribution in [0.4, 0.5) is 0 Å². The van der Waals surface area contributed by atoms with Crippen molar-refractivity contribution in [3.8, 4) is 0 Å². The highest BCUT2D eigenvalue weighted by atomic mass is 32.2. The number of amides is 5. The number of nitrogens with two attached hydrogens (primary N) is 2. The number of rotatable bonds is 20. The van der Waals surface area contributed by atoms with Gasteiger partial charge in [-0.25, -0.2) is 0 Å². The second-order valence-electron chi connectivity index (χ2n) is 12.8. The number of primary amides is 1. The molecule has 0 aliphatic carbocycles. The quantitative estimate of drug-likeness (QED) is 0.162. The molecule has 0 aliphatic rings. The van der Waals surface area contributed by atoms with Crippen molar-refractivity contribution < 1.29 is 33.5 Å². The number of hydrogen-bond acceptors (Lipinski definition) is 9. The predicted octanol–water partition coefficient (Wildman–Crippen LogP) is 1.22. The number of thioether (sulfide) groups is 1. The maximum atomic E-state index is 14.0. The van der Waals surface area contributed by atoms with Gasteiger partial charge in [-0.1, -0.05) is 48.5 Å². The van der Waals surface area contributed by atoms with Crippen LogP contribution in [0.15, 0.2) is 0 Å². The molecule has 5 amide bonds. The van der Waals surface area contributed by atoms with Gasteiger partial charge in [0.15, 0.2) is 0 Å². The lowest BCUT2D eigenvalue weighted by Crippen LogP contribution is -2.60. The predicted molar refractivity (Wildman–Crippen MR) is 177 cm³/mol. The van der Waals surface area contributed by atoms with E-state index in [9.17, 15) is 28.8 Å². The molecule has 260 valence electrons. The maximum absolute atomic E-state index is 14.0. The summed E-state index contributed by atoms with van der Waals surface area (Å²) in [4.78, 5) is 82.3. The molecule has 5 atom stereocenters.